The van der Waals surface area contributed by atoms with Gasteiger partial charge in [0.2, 0.25) is 5.91 Å². The Kier molecular flexibility index (Phi) is 3.92. The van der Waals surface area contributed by atoms with E-state index in [0.29, 0.717) is 43.1 Å². The van der Waals surface area contributed by atoms with E-state index in [9.17, 15) is 9.59 Å². The van der Waals surface area contributed by atoms with Crippen molar-refractivity contribution in [3.05, 3.63) is 59.2 Å². The highest BCUT2D eigenvalue weighted by Crippen LogP contribution is 2.32. The summed E-state index contributed by atoms with van der Waals surface area (Å²) in [5.41, 5.74) is 3.76. The molecular weight excluding hydrogens is 316 g/mol. The fourth-order valence-electron chi connectivity index (χ4n) is 3.44. The third kappa shape index (κ3) is 2.86. The molecule has 0 spiro atoms. The smallest absolute Gasteiger partial charge is 0.254 e. The maximum atomic E-state index is 13.0. The Balaban J connectivity index is 1.61. The van der Waals surface area contributed by atoms with Crippen LogP contribution in [-0.2, 0) is 17.8 Å². The van der Waals surface area contributed by atoms with Crippen molar-refractivity contribution < 1.29 is 14.3 Å². The molecule has 128 valence electrons. The summed E-state index contributed by atoms with van der Waals surface area (Å²) < 4.78 is 5.63. The molecule has 25 heavy (non-hydrogen) atoms. The van der Waals surface area contributed by atoms with E-state index in [0.717, 1.165) is 6.42 Å². The van der Waals surface area contributed by atoms with Gasteiger partial charge in [-0.15, -0.1) is 0 Å². The molecule has 0 saturated carbocycles. The molecule has 0 unspecified atom stereocenters. The third-order valence-electron chi connectivity index (χ3n) is 4.93. The molecule has 2 aromatic rings. The normalized spacial score (nSPS) is 16.6. The molecule has 0 bridgehead atoms. The zero-order valence-electron chi connectivity index (χ0n) is 14.2. The molecule has 0 radical (unpaired) electrons. The van der Waals surface area contributed by atoms with Crippen LogP contribution in [0.1, 0.15) is 27.9 Å². The Bertz CT molecular complexity index is 847. The molecule has 2 aromatic carbocycles. The van der Waals surface area contributed by atoms with Crippen LogP contribution in [0.25, 0.3) is 0 Å². The number of fused-ring (bicyclic) bond motifs is 2. The van der Waals surface area contributed by atoms with Gasteiger partial charge in [-0.1, -0.05) is 24.3 Å². The summed E-state index contributed by atoms with van der Waals surface area (Å²) >= 11 is 0. The highest BCUT2D eigenvalue weighted by Gasteiger charge is 2.25. The molecule has 0 atom stereocenters. The van der Waals surface area contributed by atoms with Gasteiger partial charge in [0, 0.05) is 25.7 Å². The Morgan fingerprint density at radius 3 is 2.72 bits per heavy atom. The Morgan fingerprint density at radius 1 is 1.08 bits per heavy atom. The second-order valence-corrected chi connectivity index (χ2v) is 6.48. The molecule has 0 aliphatic carbocycles. The average molecular weight is 336 g/mol. The molecule has 4 rings (SSSR count). The van der Waals surface area contributed by atoms with Crippen molar-refractivity contribution >= 4 is 17.5 Å². The second kappa shape index (κ2) is 6.24. The molecule has 2 amide bonds. The molecular formula is C20H20N2O3. The molecule has 0 saturated heterocycles. The van der Waals surface area contributed by atoms with Crippen molar-refractivity contribution in [1.29, 1.82) is 0 Å². The van der Waals surface area contributed by atoms with Gasteiger partial charge in [-0.2, -0.15) is 0 Å². The van der Waals surface area contributed by atoms with Gasteiger partial charge in [-0.25, -0.2) is 0 Å². The van der Waals surface area contributed by atoms with Crippen molar-refractivity contribution in [3.8, 4) is 5.75 Å². The lowest BCUT2D eigenvalue weighted by Crippen LogP contribution is -2.36. The van der Waals surface area contributed by atoms with Gasteiger partial charge in [0.05, 0.1) is 18.7 Å². The zero-order valence-corrected chi connectivity index (χ0v) is 14.2. The Hall–Kier alpha value is -2.82. The fraction of sp³-hybridized carbons (Fsp3) is 0.300. The molecule has 0 N–H and O–H groups in total. The topological polar surface area (TPSA) is 49.9 Å². The first kappa shape index (κ1) is 15.7. The number of nitrogens with zero attached hydrogens (tertiary/aromatic N) is 2. The molecule has 0 fully saturated rings. The first-order valence-electron chi connectivity index (χ1n) is 8.53. The molecule has 5 heteroatoms. The van der Waals surface area contributed by atoms with Crippen LogP contribution in [0.3, 0.4) is 0 Å². The van der Waals surface area contributed by atoms with E-state index >= 15 is 0 Å². The number of ether oxygens (including phenoxy) is 1. The number of amides is 2. The first-order valence-corrected chi connectivity index (χ1v) is 8.53. The van der Waals surface area contributed by atoms with E-state index in [1.54, 1.807) is 30.1 Å². The van der Waals surface area contributed by atoms with E-state index in [4.69, 9.17) is 4.74 Å². The Labute approximate surface area is 146 Å². The summed E-state index contributed by atoms with van der Waals surface area (Å²) in [5.74, 6) is 0.631. The van der Waals surface area contributed by atoms with Crippen LogP contribution < -0.4 is 9.64 Å². The average Bonchev–Trinajstić information content (AvgIpc) is 2.79. The molecule has 2 aliphatic rings. The number of hydrogen-bond acceptors (Lipinski definition) is 3. The maximum absolute atomic E-state index is 13.0. The molecule has 0 aromatic heterocycles. The van der Waals surface area contributed by atoms with Crippen molar-refractivity contribution in [2.45, 2.75) is 19.4 Å². The van der Waals surface area contributed by atoms with Crippen LogP contribution in [0.5, 0.6) is 5.75 Å². The molecule has 5 nitrogen and oxygen atoms in total. The summed E-state index contributed by atoms with van der Waals surface area (Å²) in [7, 11) is 1.72. The summed E-state index contributed by atoms with van der Waals surface area (Å²) in [4.78, 5) is 28.4. The lowest BCUT2D eigenvalue weighted by atomic mass is 9.99. The Morgan fingerprint density at radius 2 is 1.88 bits per heavy atom. The summed E-state index contributed by atoms with van der Waals surface area (Å²) in [5, 5.41) is 0. The maximum Gasteiger partial charge on any atom is 0.254 e. The fourth-order valence-corrected chi connectivity index (χ4v) is 3.44. The first-order chi connectivity index (χ1) is 12.1. The van der Waals surface area contributed by atoms with E-state index in [1.807, 2.05) is 17.0 Å². The predicted molar refractivity (Wildman–Crippen MR) is 94.9 cm³/mol. The van der Waals surface area contributed by atoms with Crippen molar-refractivity contribution in [2.75, 3.05) is 25.1 Å². The van der Waals surface area contributed by atoms with E-state index in [-0.39, 0.29) is 11.8 Å². The highest BCUT2D eigenvalue weighted by molar-refractivity contribution is 5.99. The largest absolute Gasteiger partial charge is 0.491 e. The van der Waals surface area contributed by atoms with Gasteiger partial charge in [-0.3, -0.25) is 9.59 Å². The monoisotopic (exact) mass is 336 g/mol. The minimum Gasteiger partial charge on any atom is -0.491 e. The number of hydrogen-bond donors (Lipinski definition) is 0. The number of anilines is 1. The highest BCUT2D eigenvalue weighted by atomic mass is 16.5. The van der Waals surface area contributed by atoms with Crippen LogP contribution in [-0.4, -0.2) is 36.9 Å². The quantitative estimate of drug-likeness (QED) is 0.804. The van der Waals surface area contributed by atoms with Gasteiger partial charge in [0.25, 0.3) is 5.91 Å². The number of carbonyl (C=O) groups excluding carboxylic acids is 2. The van der Waals surface area contributed by atoms with Gasteiger partial charge in [0.1, 0.15) is 5.75 Å². The van der Waals surface area contributed by atoms with E-state index in [1.165, 1.54) is 11.1 Å². The van der Waals surface area contributed by atoms with Crippen LogP contribution in [0, 0.1) is 0 Å². The number of carbonyl (C=O) groups is 2. The van der Waals surface area contributed by atoms with Crippen molar-refractivity contribution in [2.24, 2.45) is 0 Å². The minimum absolute atomic E-state index is 0.00440. The van der Waals surface area contributed by atoms with Crippen LogP contribution >= 0.6 is 0 Å². The van der Waals surface area contributed by atoms with Gasteiger partial charge >= 0.3 is 0 Å². The number of rotatable bonds is 1. The predicted octanol–water partition coefficient (Wildman–Crippen LogP) is 2.63. The standard InChI is InChI=1S/C20H20N2O3/c1-21-17-12-15(6-7-18(17)25-11-9-19(21)23)20(24)22-10-8-14-4-2-3-5-16(14)13-22/h2-7,12H,8-11,13H2,1H3. The third-order valence-corrected chi connectivity index (χ3v) is 4.93. The summed E-state index contributed by atoms with van der Waals surface area (Å²) in [6, 6.07) is 13.6. The van der Waals surface area contributed by atoms with Crippen molar-refractivity contribution in [3.63, 3.8) is 0 Å². The second-order valence-electron chi connectivity index (χ2n) is 6.48. The van der Waals surface area contributed by atoms with E-state index in [2.05, 4.69) is 12.1 Å². The van der Waals surface area contributed by atoms with Gasteiger partial charge < -0.3 is 14.5 Å². The lowest BCUT2D eigenvalue weighted by Gasteiger charge is -2.29. The van der Waals surface area contributed by atoms with Gasteiger partial charge in [0.15, 0.2) is 0 Å². The van der Waals surface area contributed by atoms with Crippen LogP contribution in [0.15, 0.2) is 42.5 Å². The summed E-state index contributed by atoms with van der Waals surface area (Å²) in [6.07, 6.45) is 1.21. The summed E-state index contributed by atoms with van der Waals surface area (Å²) in [6.45, 7) is 1.70. The number of benzene rings is 2. The molecule has 2 aliphatic heterocycles. The van der Waals surface area contributed by atoms with Crippen LogP contribution in [0.2, 0.25) is 0 Å². The lowest BCUT2D eigenvalue weighted by molar-refractivity contribution is -0.118. The van der Waals surface area contributed by atoms with Crippen molar-refractivity contribution in [1.82, 2.24) is 4.90 Å². The zero-order chi connectivity index (χ0) is 17.4. The van der Waals surface area contributed by atoms with Gasteiger partial charge in [-0.05, 0) is 35.7 Å². The van der Waals surface area contributed by atoms with Crippen LogP contribution in [0.4, 0.5) is 5.69 Å². The minimum atomic E-state index is -0.0117. The molecule has 2 heterocycles. The SMILES string of the molecule is CN1C(=O)CCOc2ccc(C(=O)N3CCc4ccccc4C3)cc21. The van der Waals surface area contributed by atoms with E-state index < -0.39 is 0 Å².